The Labute approximate surface area is 135 Å². The molecule has 9 nitrogen and oxygen atoms in total. The maximum absolute atomic E-state index is 11.4. The van der Waals surface area contributed by atoms with Crippen molar-refractivity contribution >= 4 is 23.0 Å². The van der Waals surface area contributed by atoms with E-state index in [0.717, 1.165) is 23.8 Å². The predicted octanol–water partition coefficient (Wildman–Crippen LogP) is 2.61. The average Bonchev–Trinajstić information content (AvgIpc) is 2.54. The molecule has 0 aromatic heterocycles. The van der Waals surface area contributed by atoms with Crippen LogP contribution in [0.25, 0.3) is 0 Å². The fourth-order valence-electron chi connectivity index (χ4n) is 2.14. The second-order valence-corrected chi connectivity index (χ2v) is 4.98. The highest BCUT2D eigenvalue weighted by atomic mass is 16.6. The maximum Gasteiger partial charge on any atom is 0.326 e. The molecular formula is C15H13N3O6. The van der Waals surface area contributed by atoms with Crippen LogP contribution in [0.4, 0.5) is 17.1 Å². The summed E-state index contributed by atoms with van der Waals surface area (Å²) in [6.07, 6.45) is 0.118. The van der Waals surface area contributed by atoms with Crippen molar-refractivity contribution in [1.29, 1.82) is 0 Å². The summed E-state index contributed by atoms with van der Waals surface area (Å²) in [5.41, 5.74) is -0.234. The second kappa shape index (κ2) is 7.18. The van der Waals surface area contributed by atoms with Crippen LogP contribution < -0.4 is 5.32 Å². The van der Waals surface area contributed by atoms with Crippen molar-refractivity contribution in [3.63, 3.8) is 0 Å². The van der Waals surface area contributed by atoms with E-state index in [0.29, 0.717) is 0 Å². The van der Waals surface area contributed by atoms with Gasteiger partial charge in [0.1, 0.15) is 6.04 Å². The average molecular weight is 331 g/mol. The Morgan fingerprint density at radius 3 is 2.04 bits per heavy atom. The van der Waals surface area contributed by atoms with Gasteiger partial charge >= 0.3 is 5.97 Å². The molecule has 2 N–H and O–H groups in total. The smallest absolute Gasteiger partial charge is 0.326 e. The molecule has 0 fully saturated rings. The van der Waals surface area contributed by atoms with Gasteiger partial charge in [0, 0.05) is 24.2 Å². The van der Waals surface area contributed by atoms with E-state index >= 15 is 0 Å². The summed E-state index contributed by atoms with van der Waals surface area (Å²) in [7, 11) is 0. The fraction of sp³-hybridized carbons (Fsp3) is 0.133. The quantitative estimate of drug-likeness (QED) is 0.588. The number of carboxylic acid groups (broad SMARTS) is 1. The minimum Gasteiger partial charge on any atom is -0.480 e. The first-order valence-electron chi connectivity index (χ1n) is 6.84. The summed E-state index contributed by atoms with van der Waals surface area (Å²) in [5, 5.41) is 33.7. The van der Waals surface area contributed by atoms with Crippen molar-refractivity contribution in [2.75, 3.05) is 5.32 Å². The van der Waals surface area contributed by atoms with Crippen LogP contribution in [0.15, 0.2) is 48.5 Å². The monoisotopic (exact) mass is 331 g/mol. The van der Waals surface area contributed by atoms with Crippen LogP contribution in [0.5, 0.6) is 0 Å². The number of rotatable bonds is 7. The van der Waals surface area contributed by atoms with E-state index in [1.54, 1.807) is 30.3 Å². The van der Waals surface area contributed by atoms with Gasteiger partial charge in [-0.2, -0.15) is 0 Å². The van der Waals surface area contributed by atoms with Crippen LogP contribution >= 0.6 is 0 Å². The third kappa shape index (κ3) is 4.26. The maximum atomic E-state index is 11.4. The largest absolute Gasteiger partial charge is 0.480 e. The molecule has 0 radical (unpaired) electrons. The Morgan fingerprint density at radius 1 is 1.04 bits per heavy atom. The highest BCUT2D eigenvalue weighted by Gasteiger charge is 2.22. The van der Waals surface area contributed by atoms with Crippen molar-refractivity contribution in [3.05, 3.63) is 74.3 Å². The Kier molecular flexibility index (Phi) is 5.05. The SMILES string of the molecule is O=C(O)[C@H](Cc1ccccc1)Nc1cc([N+](=O)[O-])cc([N+](=O)[O-])c1. The number of nitrogens with one attached hydrogen (secondary N) is 1. The van der Waals surface area contributed by atoms with Gasteiger partial charge in [-0.25, -0.2) is 4.79 Å². The summed E-state index contributed by atoms with van der Waals surface area (Å²) in [6, 6.07) is 10.6. The fourth-order valence-corrected chi connectivity index (χ4v) is 2.14. The molecule has 0 heterocycles. The van der Waals surface area contributed by atoms with Crippen LogP contribution in [0, 0.1) is 20.2 Å². The van der Waals surface area contributed by atoms with E-state index in [4.69, 9.17) is 0 Å². The zero-order valence-electron chi connectivity index (χ0n) is 12.3. The lowest BCUT2D eigenvalue weighted by molar-refractivity contribution is -0.394. The van der Waals surface area contributed by atoms with E-state index in [1.807, 2.05) is 0 Å². The van der Waals surface area contributed by atoms with Gasteiger partial charge in [0.15, 0.2) is 0 Å². The van der Waals surface area contributed by atoms with Crippen molar-refractivity contribution in [3.8, 4) is 0 Å². The van der Waals surface area contributed by atoms with E-state index in [1.165, 1.54) is 0 Å². The van der Waals surface area contributed by atoms with E-state index in [9.17, 15) is 30.1 Å². The number of anilines is 1. The Hall–Kier alpha value is -3.49. The molecule has 0 saturated carbocycles. The van der Waals surface area contributed by atoms with Crippen molar-refractivity contribution < 1.29 is 19.7 Å². The lowest BCUT2D eigenvalue weighted by Gasteiger charge is -2.15. The topological polar surface area (TPSA) is 136 Å². The number of carbonyl (C=O) groups is 1. The third-order valence-electron chi connectivity index (χ3n) is 3.25. The lowest BCUT2D eigenvalue weighted by Crippen LogP contribution is -2.31. The molecule has 0 aliphatic heterocycles. The number of benzene rings is 2. The minimum absolute atomic E-state index is 0.000712. The van der Waals surface area contributed by atoms with Crippen molar-refractivity contribution in [2.24, 2.45) is 0 Å². The molecule has 124 valence electrons. The summed E-state index contributed by atoms with van der Waals surface area (Å²) < 4.78 is 0. The van der Waals surface area contributed by atoms with E-state index in [-0.39, 0.29) is 12.1 Å². The molecule has 24 heavy (non-hydrogen) atoms. The van der Waals surface area contributed by atoms with Gasteiger partial charge < -0.3 is 10.4 Å². The molecule has 9 heteroatoms. The predicted molar refractivity (Wildman–Crippen MR) is 84.9 cm³/mol. The Balaban J connectivity index is 2.30. The lowest BCUT2D eigenvalue weighted by atomic mass is 10.1. The zero-order valence-corrected chi connectivity index (χ0v) is 12.3. The number of non-ortho nitro benzene ring substituents is 2. The number of nitrogens with zero attached hydrogens (tertiary/aromatic N) is 2. The van der Waals surface area contributed by atoms with Crippen LogP contribution in [-0.4, -0.2) is 27.0 Å². The summed E-state index contributed by atoms with van der Waals surface area (Å²) >= 11 is 0. The molecule has 0 aliphatic carbocycles. The van der Waals surface area contributed by atoms with Crippen molar-refractivity contribution in [2.45, 2.75) is 12.5 Å². The number of hydrogen-bond donors (Lipinski definition) is 2. The molecule has 0 amide bonds. The number of nitro groups is 2. The van der Waals surface area contributed by atoms with Gasteiger partial charge in [0.05, 0.1) is 15.9 Å². The van der Waals surface area contributed by atoms with Crippen LogP contribution in [-0.2, 0) is 11.2 Å². The van der Waals surface area contributed by atoms with Crippen LogP contribution in [0.2, 0.25) is 0 Å². The number of hydrogen-bond acceptors (Lipinski definition) is 6. The molecular weight excluding hydrogens is 318 g/mol. The second-order valence-electron chi connectivity index (χ2n) is 4.98. The molecule has 2 aromatic rings. The normalized spacial score (nSPS) is 11.5. The van der Waals surface area contributed by atoms with Gasteiger partial charge in [-0.05, 0) is 5.56 Å². The molecule has 0 saturated heterocycles. The summed E-state index contributed by atoms with van der Waals surface area (Å²) in [4.78, 5) is 31.6. The first-order chi connectivity index (χ1) is 11.4. The Bertz CT molecular complexity index is 746. The standard InChI is InChI=1S/C15H13N3O6/c19-15(20)14(6-10-4-2-1-3-5-10)16-11-7-12(17(21)22)9-13(8-11)18(23)24/h1-5,7-9,14,16H,6H2,(H,19,20)/t14-/m0/s1. The number of aliphatic carboxylic acids is 1. The van der Waals surface area contributed by atoms with E-state index < -0.39 is 33.2 Å². The molecule has 0 unspecified atom stereocenters. The number of nitro benzene ring substituents is 2. The molecule has 0 spiro atoms. The first-order valence-corrected chi connectivity index (χ1v) is 6.84. The van der Waals surface area contributed by atoms with Crippen LogP contribution in [0.1, 0.15) is 5.56 Å². The van der Waals surface area contributed by atoms with Crippen LogP contribution in [0.3, 0.4) is 0 Å². The Morgan fingerprint density at radius 2 is 1.58 bits per heavy atom. The number of carboxylic acids is 1. The summed E-state index contributed by atoms with van der Waals surface area (Å²) in [6.45, 7) is 0. The molecule has 1 atom stereocenters. The zero-order chi connectivity index (χ0) is 17.7. The van der Waals surface area contributed by atoms with Gasteiger partial charge in [-0.3, -0.25) is 20.2 Å². The summed E-state index contributed by atoms with van der Waals surface area (Å²) in [5.74, 6) is -1.17. The molecule has 2 aromatic carbocycles. The van der Waals surface area contributed by atoms with Crippen molar-refractivity contribution in [1.82, 2.24) is 0 Å². The highest BCUT2D eigenvalue weighted by molar-refractivity contribution is 5.78. The minimum atomic E-state index is -1.17. The first kappa shape index (κ1) is 16.9. The van der Waals surface area contributed by atoms with Gasteiger partial charge in [-0.1, -0.05) is 30.3 Å². The molecule has 0 aliphatic rings. The van der Waals surface area contributed by atoms with Gasteiger partial charge in [0.25, 0.3) is 11.4 Å². The van der Waals surface area contributed by atoms with Gasteiger partial charge in [0.2, 0.25) is 0 Å². The third-order valence-corrected chi connectivity index (χ3v) is 3.25. The molecule has 0 bridgehead atoms. The van der Waals surface area contributed by atoms with Gasteiger partial charge in [-0.15, -0.1) is 0 Å². The van der Waals surface area contributed by atoms with E-state index in [2.05, 4.69) is 5.32 Å². The highest BCUT2D eigenvalue weighted by Crippen LogP contribution is 2.26. The molecule has 2 rings (SSSR count).